The molecule has 0 rings (SSSR count). The number of unbranched alkanes of at least 4 members (excludes halogenated alkanes) is 16. The van der Waals surface area contributed by atoms with Crippen LogP contribution in [-0.2, 0) is 18.7 Å². The highest BCUT2D eigenvalue weighted by Gasteiger charge is 2.24. The van der Waals surface area contributed by atoms with Crippen molar-refractivity contribution in [1.29, 1.82) is 0 Å². The highest BCUT2D eigenvalue weighted by molar-refractivity contribution is 7.59. The molecule has 0 aliphatic heterocycles. The van der Waals surface area contributed by atoms with E-state index in [1.54, 1.807) is 0 Å². The van der Waals surface area contributed by atoms with E-state index in [9.17, 15) is 14.2 Å². The van der Waals surface area contributed by atoms with E-state index in [1.807, 2.05) is 13.8 Å². The summed E-state index contributed by atoms with van der Waals surface area (Å²) in [6.45, 7) is 6.22. The van der Waals surface area contributed by atoms with E-state index >= 15 is 0 Å². The van der Waals surface area contributed by atoms with Crippen molar-refractivity contribution < 1.29 is 18.7 Å². The third-order valence-electron chi connectivity index (χ3n) is 6.79. The Morgan fingerprint density at radius 1 is 0.486 bits per heavy atom. The molecule has 4 nitrogen and oxygen atoms in total. The van der Waals surface area contributed by atoms with Crippen LogP contribution >= 0.6 is 7.37 Å². The maximum Gasteiger partial charge on any atom is 0.310 e. The van der Waals surface area contributed by atoms with Gasteiger partial charge in [0.25, 0.3) is 7.37 Å². The van der Waals surface area contributed by atoms with Gasteiger partial charge in [-0.2, -0.15) is 0 Å². The van der Waals surface area contributed by atoms with Crippen LogP contribution in [0.1, 0.15) is 168 Å². The Morgan fingerprint density at radius 3 is 1.20 bits per heavy atom. The molecule has 0 amide bonds. The normalized spacial score (nSPS) is 11.6. The first-order valence-electron chi connectivity index (χ1n) is 15.3. The number of hydrogen-bond acceptors (Lipinski definition) is 4. The fourth-order valence-electron chi connectivity index (χ4n) is 4.70. The van der Waals surface area contributed by atoms with Crippen LogP contribution in [0.2, 0.25) is 0 Å². The van der Waals surface area contributed by atoms with Crippen molar-refractivity contribution in [2.75, 3.05) is 12.3 Å². The van der Waals surface area contributed by atoms with Crippen LogP contribution in [0, 0.1) is 0 Å². The highest BCUT2D eigenvalue weighted by Crippen LogP contribution is 2.48. The third-order valence-corrected chi connectivity index (χ3v) is 9.59. The Balaban J connectivity index is 3.44. The van der Waals surface area contributed by atoms with E-state index in [2.05, 4.69) is 6.92 Å². The van der Waals surface area contributed by atoms with Gasteiger partial charge in [0.2, 0.25) is 0 Å². The average molecular weight is 515 g/mol. The van der Waals surface area contributed by atoms with E-state index in [0.717, 1.165) is 57.8 Å². The molecule has 0 aromatic heterocycles. The molecule has 0 saturated heterocycles. The Morgan fingerprint density at radius 2 is 0.829 bits per heavy atom. The van der Waals surface area contributed by atoms with Crippen LogP contribution in [0.25, 0.3) is 0 Å². The molecule has 0 aromatic carbocycles. The summed E-state index contributed by atoms with van der Waals surface area (Å²) in [5.74, 6) is 0.190. The van der Waals surface area contributed by atoms with E-state index in [1.165, 1.54) is 83.5 Å². The van der Waals surface area contributed by atoms with Crippen LogP contribution in [0.3, 0.4) is 0 Å². The summed E-state index contributed by atoms with van der Waals surface area (Å²) < 4.78 is 18.0. The third kappa shape index (κ3) is 23.5. The summed E-state index contributed by atoms with van der Waals surface area (Å²) in [7, 11) is -2.75. The van der Waals surface area contributed by atoms with Crippen molar-refractivity contribution in [2.24, 2.45) is 0 Å². The van der Waals surface area contributed by atoms with Crippen molar-refractivity contribution in [2.45, 2.75) is 168 Å². The number of hydrogen-bond donors (Lipinski definition) is 0. The van der Waals surface area contributed by atoms with Crippen molar-refractivity contribution >= 4 is 19.1 Å². The van der Waals surface area contributed by atoms with Crippen molar-refractivity contribution in [1.82, 2.24) is 0 Å². The molecule has 0 unspecified atom stereocenters. The molecule has 0 aliphatic carbocycles. The number of rotatable bonds is 27. The van der Waals surface area contributed by atoms with Gasteiger partial charge in [-0.3, -0.25) is 14.2 Å². The largest absolute Gasteiger partial charge is 0.412 e. The predicted molar refractivity (Wildman–Crippen MR) is 152 cm³/mol. The Kier molecular flexibility index (Phi) is 24.6. The van der Waals surface area contributed by atoms with E-state index in [-0.39, 0.29) is 5.97 Å². The minimum Gasteiger partial charge on any atom is -0.412 e. The number of Topliss-reactive ketones (excluding diaryl/α,β-unsaturated/α-hetero) is 1. The molecule has 0 aliphatic rings. The molecule has 0 fully saturated rings. The molecule has 0 heterocycles. The van der Waals surface area contributed by atoms with Crippen molar-refractivity contribution in [3.63, 3.8) is 0 Å². The average Bonchev–Trinajstić information content (AvgIpc) is 2.81. The topological polar surface area (TPSA) is 60.4 Å². The van der Waals surface area contributed by atoms with Gasteiger partial charge in [-0.05, 0) is 32.1 Å². The van der Waals surface area contributed by atoms with Gasteiger partial charge in [-0.15, -0.1) is 0 Å². The first kappa shape index (κ1) is 34.4. The summed E-state index contributed by atoms with van der Waals surface area (Å²) in [6.07, 6.45) is 26.5. The lowest BCUT2D eigenvalue weighted by Gasteiger charge is -2.17. The second-order valence-electron chi connectivity index (χ2n) is 10.5. The summed E-state index contributed by atoms with van der Waals surface area (Å²) in [6, 6.07) is 0. The van der Waals surface area contributed by atoms with Crippen LogP contribution in [-0.4, -0.2) is 24.1 Å². The molecular weight excluding hydrogens is 455 g/mol. The zero-order chi connectivity index (χ0) is 26.0. The molecular formula is C30H59O4P. The lowest BCUT2D eigenvalue weighted by molar-refractivity contribution is -0.134. The molecule has 5 heteroatoms. The minimum atomic E-state index is -2.75. The molecule has 0 N–H and O–H groups in total. The molecule has 0 radical (unpaired) electrons. The second kappa shape index (κ2) is 25.0. The summed E-state index contributed by atoms with van der Waals surface area (Å²) in [5.41, 5.74) is 0. The Hall–Kier alpha value is -0.630. The van der Waals surface area contributed by atoms with Crippen LogP contribution in [0.15, 0.2) is 0 Å². The Labute approximate surface area is 218 Å². The standard InChI is InChI=1S/C30H59O4P/c1-4-7-8-9-10-12-15-18-21-24-29(31)25-22-19-16-13-11-14-17-20-23-26-30(32)34-35(33,27-5-2)28-6-3/h4-28H2,1-3H3. The van der Waals surface area contributed by atoms with Gasteiger partial charge < -0.3 is 4.52 Å². The zero-order valence-corrected chi connectivity index (χ0v) is 24.7. The van der Waals surface area contributed by atoms with Crippen molar-refractivity contribution in [3.05, 3.63) is 0 Å². The highest BCUT2D eigenvalue weighted by atomic mass is 31.2. The minimum absolute atomic E-state index is 0.275. The van der Waals surface area contributed by atoms with Crippen LogP contribution < -0.4 is 0 Å². The first-order valence-corrected chi connectivity index (χ1v) is 17.3. The van der Waals surface area contributed by atoms with Gasteiger partial charge >= 0.3 is 5.97 Å². The van der Waals surface area contributed by atoms with E-state index in [0.29, 0.717) is 24.5 Å². The van der Waals surface area contributed by atoms with E-state index in [4.69, 9.17) is 4.52 Å². The lowest BCUT2D eigenvalue weighted by Crippen LogP contribution is -2.07. The Bertz CT molecular complexity index is 536. The summed E-state index contributed by atoms with van der Waals surface area (Å²) >= 11 is 0. The lowest BCUT2D eigenvalue weighted by atomic mass is 10.0. The maximum atomic E-state index is 12.6. The monoisotopic (exact) mass is 514 g/mol. The maximum absolute atomic E-state index is 12.6. The molecule has 0 bridgehead atoms. The zero-order valence-electron chi connectivity index (χ0n) is 23.8. The second-order valence-corrected chi connectivity index (χ2v) is 13.2. The predicted octanol–water partition coefficient (Wildman–Crippen LogP) is 10.4. The summed E-state index contributed by atoms with van der Waals surface area (Å²) in [5, 5.41) is 0. The smallest absolute Gasteiger partial charge is 0.310 e. The molecule has 0 aromatic rings. The van der Waals surface area contributed by atoms with Gasteiger partial charge in [0, 0.05) is 31.6 Å². The fourth-order valence-corrected chi connectivity index (χ4v) is 6.93. The fraction of sp³-hybridized carbons (Fsp3) is 0.933. The van der Waals surface area contributed by atoms with Gasteiger partial charge in [0.15, 0.2) is 0 Å². The number of carbonyl (C=O) groups excluding carboxylic acids is 2. The van der Waals surface area contributed by atoms with Gasteiger partial charge in [0.05, 0.1) is 0 Å². The van der Waals surface area contributed by atoms with Gasteiger partial charge in [-0.1, -0.05) is 117 Å². The van der Waals surface area contributed by atoms with E-state index < -0.39 is 7.37 Å². The summed E-state index contributed by atoms with van der Waals surface area (Å²) in [4.78, 5) is 24.0. The van der Waals surface area contributed by atoms with Crippen LogP contribution in [0.4, 0.5) is 0 Å². The molecule has 35 heavy (non-hydrogen) atoms. The number of carbonyl (C=O) groups is 2. The van der Waals surface area contributed by atoms with Crippen molar-refractivity contribution in [3.8, 4) is 0 Å². The number of ketones is 1. The van der Waals surface area contributed by atoms with Gasteiger partial charge in [0.1, 0.15) is 5.78 Å². The van der Waals surface area contributed by atoms with Crippen LogP contribution in [0.5, 0.6) is 0 Å². The molecule has 0 spiro atoms. The quantitative estimate of drug-likeness (QED) is 0.0808. The molecule has 0 atom stereocenters. The molecule has 208 valence electrons. The molecule has 0 saturated carbocycles. The first-order chi connectivity index (χ1) is 17.0. The SMILES string of the molecule is CCCCCCCCCCCC(=O)CCCCCCCCCCCC(=O)OP(=O)(CCC)CCC. The van der Waals surface area contributed by atoms with Gasteiger partial charge in [-0.25, -0.2) is 0 Å².